The minimum absolute atomic E-state index is 0.401. The Morgan fingerprint density at radius 3 is 2.56 bits per heavy atom. The van der Waals surface area contributed by atoms with Crippen LogP contribution in [0, 0.1) is 0 Å². The standard InChI is InChI=1S/C22H35NO4/c1-24-21-11-10-18(17-22(21)25-2)7-5-6-14-27-20-9-4-3-8-19(20)23-12-15-26-16-13-23/h10-11,17,19-20H,3-9,12-16H2,1-2H3/t19?,20-/m0/s1. The summed E-state index contributed by atoms with van der Waals surface area (Å²) in [6.07, 6.45) is 8.79. The van der Waals surface area contributed by atoms with E-state index in [4.69, 9.17) is 18.9 Å². The minimum atomic E-state index is 0.401. The third-order valence-electron chi connectivity index (χ3n) is 5.82. The predicted molar refractivity (Wildman–Crippen MR) is 107 cm³/mol. The number of methoxy groups -OCH3 is 2. The smallest absolute Gasteiger partial charge is 0.160 e. The number of nitrogens with zero attached hydrogens (tertiary/aromatic N) is 1. The van der Waals surface area contributed by atoms with Crippen molar-refractivity contribution in [2.45, 2.75) is 57.1 Å². The summed E-state index contributed by atoms with van der Waals surface area (Å²) in [5.74, 6) is 1.60. The van der Waals surface area contributed by atoms with Gasteiger partial charge in [0.15, 0.2) is 11.5 Å². The highest BCUT2D eigenvalue weighted by Crippen LogP contribution is 2.29. The van der Waals surface area contributed by atoms with Crippen molar-refractivity contribution in [3.8, 4) is 11.5 Å². The van der Waals surface area contributed by atoms with E-state index in [-0.39, 0.29) is 0 Å². The highest BCUT2D eigenvalue weighted by molar-refractivity contribution is 5.42. The molecular formula is C22H35NO4. The number of unbranched alkanes of at least 4 members (excludes halogenated alkanes) is 1. The maximum absolute atomic E-state index is 6.34. The number of rotatable bonds is 9. The lowest BCUT2D eigenvalue weighted by Gasteiger charge is -2.41. The van der Waals surface area contributed by atoms with E-state index in [0.29, 0.717) is 12.1 Å². The SMILES string of the molecule is COc1ccc(CCCCO[C@H]2CCCCC2N2CCOCC2)cc1OC. The molecule has 0 aromatic heterocycles. The molecule has 0 radical (unpaired) electrons. The zero-order valence-corrected chi connectivity index (χ0v) is 17.0. The van der Waals surface area contributed by atoms with Gasteiger partial charge in [-0.1, -0.05) is 18.9 Å². The number of ether oxygens (including phenoxy) is 4. The van der Waals surface area contributed by atoms with Crippen molar-refractivity contribution < 1.29 is 18.9 Å². The van der Waals surface area contributed by atoms with Gasteiger partial charge < -0.3 is 18.9 Å². The summed E-state index contributed by atoms with van der Waals surface area (Å²) in [6.45, 7) is 4.72. The van der Waals surface area contributed by atoms with Crippen LogP contribution in [0.2, 0.25) is 0 Å². The molecule has 2 aliphatic rings. The van der Waals surface area contributed by atoms with E-state index in [1.807, 2.05) is 6.07 Å². The summed E-state index contributed by atoms with van der Waals surface area (Å²) in [6, 6.07) is 6.78. The van der Waals surface area contributed by atoms with E-state index in [2.05, 4.69) is 17.0 Å². The average molecular weight is 378 g/mol. The fraction of sp³-hybridized carbons (Fsp3) is 0.727. The Labute approximate surface area is 163 Å². The molecule has 5 nitrogen and oxygen atoms in total. The van der Waals surface area contributed by atoms with Crippen molar-refractivity contribution in [1.82, 2.24) is 4.90 Å². The first-order chi connectivity index (χ1) is 13.3. The Balaban J connectivity index is 1.40. The zero-order valence-electron chi connectivity index (χ0n) is 17.0. The second kappa shape index (κ2) is 10.9. The molecule has 1 heterocycles. The van der Waals surface area contributed by atoms with Crippen LogP contribution in [0.15, 0.2) is 18.2 Å². The molecule has 1 unspecified atom stereocenters. The van der Waals surface area contributed by atoms with Crippen LogP contribution in [0.25, 0.3) is 0 Å². The van der Waals surface area contributed by atoms with Crippen molar-refractivity contribution >= 4 is 0 Å². The van der Waals surface area contributed by atoms with Gasteiger partial charge in [0.05, 0.1) is 33.5 Å². The third-order valence-corrected chi connectivity index (χ3v) is 5.82. The summed E-state index contributed by atoms with van der Waals surface area (Å²) < 4.78 is 22.5. The van der Waals surface area contributed by atoms with E-state index >= 15 is 0 Å². The highest BCUT2D eigenvalue weighted by Gasteiger charge is 2.31. The first-order valence-corrected chi connectivity index (χ1v) is 10.5. The molecule has 1 saturated heterocycles. The lowest BCUT2D eigenvalue weighted by molar-refractivity contribution is -0.0660. The molecule has 1 aromatic rings. The summed E-state index contributed by atoms with van der Waals surface area (Å²) in [4.78, 5) is 2.59. The highest BCUT2D eigenvalue weighted by atomic mass is 16.5. The fourth-order valence-corrected chi connectivity index (χ4v) is 4.30. The van der Waals surface area contributed by atoms with Crippen molar-refractivity contribution in [3.05, 3.63) is 23.8 Å². The molecule has 0 bridgehead atoms. The van der Waals surface area contributed by atoms with Crippen LogP contribution in [-0.4, -0.2) is 64.2 Å². The molecule has 0 amide bonds. The largest absolute Gasteiger partial charge is 0.493 e. The van der Waals surface area contributed by atoms with Crippen molar-refractivity contribution in [1.29, 1.82) is 0 Å². The van der Waals surface area contributed by atoms with Gasteiger partial charge in [0.1, 0.15) is 0 Å². The Bertz CT molecular complexity index is 559. The molecule has 27 heavy (non-hydrogen) atoms. The van der Waals surface area contributed by atoms with Crippen LogP contribution in [0.3, 0.4) is 0 Å². The summed E-state index contributed by atoms with van der Waals surface area (Å²) in [5.41, 5.74) is 1.29. The molecule has 5 heteroatoms. The molecule has 1 saturated carbocycles. The number of aryl methyl sites for hydroxylation is 1. The lowest BCUT2D eigenvalue weighted by Crippen LogP contribution is -2.51. The Hall–Kier alpha value is -1.30. The first-order valence-electron chi connectivity index (χ1n) is 10.5. The molecule has 0 N–H and O–H groups in total. The molecule has 2 fully saturated rings. The Morgan fingerprint density at radius 1 is 1.00 bits per heavy atom. The maximum Gasteiger partial charge on any atom is 0.160 e. The topological polar surface area (TPSA) is 40.2 Å². The van der Waals surface area contributed by atoms with Crippen molar-refractivity contribution in [3.63, 3.8) is 0 Å². The maximum atomic E-state index is 6.34. The molecule has 1 aromatic carbocycles. The second-order valence-corrected chi connectivity index (χ2v) is 7.56. The van der Waals surface area contributed by atoms with Crippen LogP contribution in [0.5, 0.6) is 11.5 Å². The van der Waals surface area contributed by atoms with Gasteiger partial charge in [-0.05, 0) is 49.8 Å². The van der Waals surface area contributed by atoms with Gasteiger partial charge in [0.25, 0.3) is 0 Å². The molecule has 0 spiro atoms. The first kappa shape index (κ1) is 20.4. The zero-order chi connectivity index (χ0) is 18.9. The van der Waals surface area contributed by atoms with E-state index < -0.39 is 0 Å². The number of hydrogen-bond acceptors (Lipinski definition) is 5. The Morgan fingerprint density at radius 2 is 1.78 bits per heavy atom. The molecule has 152 valence electrons. The number of hydrogen-bond donors (Lipinski definition) is 0. The molecule has 2 atom stereocenters. The quantitative estimate of drug-likeness (QED) is 0.614. The minimum Gasteiger partial charge on any atom is -0.493 e. The van der Waals surface area contributed by atoms with Gasteiger partial charge >= 0.3 is 0 Å². The van der Waals surface area contributed by atoms with Crippen LogP contribution in [0.4, 0.5) is 0 Å². The lowest BCUT2D eigenvalue weighted by atomic mass is 9.91. The van der Waals surface area contributed by atoms with Crippen LogP contribution in [0.1, 0.15) is 44.1 Å². The summed E-state index contributed by atoms with van der Waals surface area (Å²) in [7, 11) is 3.36. The molecule has 1 aliphatic carbocycles. The fourth-order valence-electron chi connectivity index (χ4n) is 4.30. The number of morpholine rings is 1. The van der Waals surface area contributed by atoms with E-state index in [1.165, 1.54) is 31.2 Å². The monoisotopic (exact) mass is 377 g/mol. The van der Waals surface area contributed by atoms with Gasteiger partial charge in [-0.25, -0.2) is 0 Å². The Kier molecular flexibility index (Phi) is 8.24. The van der Waals surface area contributed by atoms with E-state index in [9.17, 15) is 0 Å². The van der Waals surface area contributed by atoms with Crippen LogP contribution < -0.4 is 9.47 Å². The number of benzene rings is 1. The van der Waals surface area contributed by atoms with Gasteiger partial charge in [-0.2, -0.15) is 0 Å². The normalized spacial score (nSPS) is 23.9. The molecule has 1 aliphatic heterocycles. The van der Waals surface area contributed by atoms with Crippen LogP contribution >= 0.6 is 0 Å². The van der Waals surface area contributed by atoms with Gasteiger partial charge in [-0.3, -0.25) is 4.90 Å². The van der Waals surface area contributed by atoms with E-state index in [0.717, 1.165) is 63.7 Å². The third kappa shape index (κ3) is 5.84. The summed E-state index contributed by atoms with van der Waals surface area (Å²) in [5, 5.41) is 0. The van der Waals surface area contributed by atoms with Crippen LogP contribution in [-0.2, 0) is 15.9 Å². The van der Waals surface area contributed by atoms with Gasteiger partial charge in [0.2, 0.25) is 0 Å². The predicted octanol–water partition coefficient (Wildman–Crippen LogP) is 3.69. The van der Waals surface area contributed by atoms with E-state index in [1.54, 1.807) is 14.2 Å². The summed E-state index contributed by atoms with van der Waals surface area (Å²) >= 11 is 0. The average Bonchev–Trinajstić information content (AvgIpc) is 2.74. The second-order valence-electron chi connectivity index (χ2n) is 7.56. The van der Waals surface area contributed by atoms with Gasteiger partial charge in [0, 0.05) is 25.7 Å². The molecular weight excluding hydrogens is 342 g/mol. The molecule has 3 rings (SSSR count). The van der Waals surface area contributed by atoms with Gasteiger partial charge in [-0.15, -0.1) is 0 Å². The van der Waals surface area contributed by atoms with Crippen molar-refractivity contribution in [2.75, 3.05) is 47.1 Å². The van der Waals surface area contributed by atoms with Crippen molar-refractivity contribution in [2.24, 2.45) is 0 Å².